The molecule has 0 spiro atoms. The standard InChI is InChI=1S/C29H40N4O4S/c1-29(2,3)32-18-20-7-5-8-22(15-20)23-16-24-26(19-31-27(24)25(17-23)28(30)34)21-9-11-33(12-10-21)38(35,36)14-6-13-37-4/h5,7-8,15-17,19,21,31-32H,6,9-14,18H2,1-4H3,(H2,30,34). The number of ether oxygens (including phenoxy) is 1. The van der Waals surface area contributed by atoms with Gasteiger partial charge in [-0.2, -0.15) is 0 Å². The number of sulfonamides is 1. The molecule has 2 heterocycles. The zero-order valence-electron chi connectivity index (χ0n) is 22.8. The molecule has 3 aromatic rings. The van der Waals surface area contributed by atoms with Gasteiger partial charge in [0.15, 0.2) is 0 Å². The van der Waals surface area contributed by atoms with Gasteiger partial charge < -0.3 is 20.8 Å². The molecule has 1 aromatic heterocycles. The second-order valence-corrected chi connectivity index (χ2v) is 13.3. The SMILES string of the molecule is COCCCS(=O)(=O)N1CCC(c2c[nH]c3c(C(N)=O)cc(-c4cccc(CNC(C)(C)C)c4)cc23)CC1. The average Bonchev–Trinajstić information content (AvgIpc) is 3.31. The predicted molar refractivity (Wildman–Crippen MR) is 153 cm³/mol. The van der Waals surface area contributed by atoms with E-state index in [1.165, 1.54) is 0 Å². The van der Waals surface area contributed by atoms with Crippen molar-refractivity contribution in [2.24, 2.45) is 5.73 Å². The van der Waals surface area contributed by atoms with Crippen LogP contribution < -0.4 is 11.1 Å². The Morgan fingerprint density at radius 1 is 1.16 bits per heavy atom. The Labute approximate surface area is 226 Å². The van der Waals surface area contributed by atoms with Crippen molar-refractivity contribution in [1.29, 1.82) is 0 Å². The Hall–Kier alpha value is -2.72. The summed E-state index contributed by atoms with van der Waals surface area (Å²) in [7, 11) is -1.71. The topological polar surface area (TPSA) is 118 Å². The van der Waals surface area contributed by atoms with Gasteiger partial charge in [-0.05, 0) is 86.4 Å². The molecule has 1 aliphatic rings. The average molecular weight is 541 g/mol. The molecule has 4 rings (SSSR count). The maximum absolute atomic E-state index is 12.7. The van der Waals surface area contributed by atoms with Gasteiger partial charge in [0.25, 0.3) is 5.91 Å². The minimum absolute atomic E-state index is 0.00685. The number of hydrogen-bond acceptors (Lipinski definition) is 5. The molecule has 206 valence electrons. The molecular formula is C29H40N4O4S. The van der Waals surface area contributed by atoms with Crippen LogP contribution in [0, 0.1) is 0 Å². The number of benzene rings is 2. The lowest BCUT2D eigenvalue weighted by atomic mass is 9.88. The maximum atomic E-state index is 12.7. The first kappa shape index (κ1) is 28.3. The van der Waals surface area contributed by atoms with Crippen molar-refractivity contribution in [3.63, 3.8) is 0 Å². The van der Waals surface area contributed by atoms with Gasteiger partial charge in [-0.3, -0.25) is 4.79 Å². The third kappa shape index (κ3) is 6.64. The summed E-state index contributed by atoms with van der Waals surface area (Å²) in [6.45, 7) is 8.56. The second-order valence-electron chi connectivity index (χ2n) is 11.2. The van der Waals surface area contributed by atoms with Crippen molar-refractivity contribution in [3.8, 4) is 11.1 Å². The van der Waals surface area contributed by atoms with E-state index in [2.05, 4.69) is 49.3 Å². The number of nitrogens with two attached hydrogens (primary N) is 1. The molecule has 4 N–H and O–H groups in total. The van der Waals surface area contributed by atoms with E-state index in [0.717, 1.165) is 52.5 Å². The monoisotopic (exact) mass is 540 g/mol. The largest absolute Gasteiger partial charge is 0.385 e. The minimum Gasteiger partial charge on any atom is -0.385 e. The molecule has 0 radical (unpaired) electrons. The first-order valence-electron chi connectivity index (χ1n) is 13.2. The lowest BCUT2D eigenvalue weighted by Crippen LogP contribution is -2.39. The van der Waals surface area contributed by atoms with Crippen LogP contribution in [-0.2, 0) is 21.3 Å². The Morgan fingerprint density at radius 2 is 1.89 bits per heavy atom. The molecule has 1 saturated heterocycles. The number of primary amides is 1. The van der Waals surface area contributed by atoms with E-state index in [4.69, 9.17) is 10.5 Å². The van der Waals surface area contributed by atoms with Gasteiger partial charge >= 0.3 is 0 Å². The van der Waals surface area contributed by atoms with Crippen LogP contribution in [0.5, 0.6) is 0 Å². The number of aromatic amines is 1. The molecule has 0 bridgehead atoms. The van der Waals surface area contributed by atoms with Crippen molar-refractivity contribution in [2.45, 2.75) is 58.0 Å². The van der Waals surface area contributed by atoms with Gasteiger partial charge in [-0.15, -0.1) is 0 Å². The summed E-state index contributed by atoms with van der Waals surface area (Å²) < 4.78 is 32.1. The molecule has 2 aromatic carbocycles. The highest BCUT2D eigenvalue weighted by atomic mass is 32.2. The maximum Gasteiger partial charge on any atom is 0.250 e. The molecule has 0 saturated carbocycles. The van der Waals surface area contributed by atoms with E-state index in [-0.39, 0.29) is 17.2 Å². The summed E-state index contributed by atoms with van der Waals surface area (Å²) in [4.78, 5) is 15.7. The number of nitrogens with zero attached hydrogens (tertiary/aromatic N) is 1. The number of rotatable bonds is 10. The Morgan fingerprint density at radius 3 is 2.55 bits per heavy atom. The number of carbonyl (C=O) groups excluding carboxylic acids is 1. The van der Waals surface area contributed by atoms with Gasteiger partial charge in [0, 0.05) is 50.5 Å². The second kappa shape index (κ2) is 11.6. The van der Waals surface area contributed by atoms with Gasteiger partial charge in [-0.25, -0.2) is 12.7 Å². The summed E-state index contributed by atoms with van der Waals surface area (Å²) in [5, 5.41) is 4.49. The molecule has 1 amide bonds. The first-order valence-corrected chi connectivity index (χ1v) is 14.9. The van der Waals surface area contributed by atoms with Crippen LogP contribution in [-0.4, -0.2) is 61.7 Å². The fourth-order valence-corrected chi connectivity index (χ4v) is 6.65. The van der Waals surface area contributed by atoms with Crippen molar-refractivity contribution in [3.05, 3.63) is 59.3 Å². The Bertz CT molecular complexity index is 1380. The summed E-state index contributed by atoms with van der Waals surface area (Å²) in [6, 6.07) is 12.3. The van der Waals surface area contributed by atoms with E-state index in [9.17, 15) is 13.2 Å². The van der Waals surface area contributed by atoms with E-state index >= 15 is 0 Å². The van der Waals surface area contributed by atoms with Crippen molar-refractivity contribution >= 4 is 26.8 Å². The van der Waals surface area contributed by atoms with Crippen LogP contribution in [0.3, 0.4) is 0 Å². The Balaban J connectivity index is 1.61. The van der Waals surface area contributed by atoms with E-state index < -0.39 is 15.9 Å². The zero-order chi connectivity index (χ0) is 27.5. The van der Waals surface area contributed by atoms with Crippen LogP contribution in [0.4, 0.5) is 0 Å². The van der Waals surface area contributed by atoms with Crippen LogP contribution in [0.15, 0.2) is 42.6 Å². The van der Waals surface area contributed by atoms with E-state index in [1.54, 1.807) is 11.4 Å². The summed E-state index contributed by atoms with van der Waals surface area (Å²) in [5.74, 6) is -0.186. The smallest absolute Gasteiger partial charge is 0.250 e. The molecule has 8 nitrogen and oxygen atoms in total. The van der Waals surface area contributed by atoms with Crippen molar-refractivity contribution in [2.75, 3.05) is 32.6 Å². The molecule has 1 fully saturated rings. The Kier molecular flexibility index (Phi) is 8.62. The lowest BCUT2D eigenvalue weighted by Gasteiger charge is -2.31. The number of methoxy groups -OCH3 is 1. The number of H-pyrrole nitrogens is 1. The van der Waals surface area contributed by atoms with Gasteiger partial charge in [0.05, 0.1) is 16.8 Å². The normalized spacial score (nSPS) is 15.8. The van der Waals surface area contributed by atoms with Crippen LogP contribution in [0.1, 0.15) is 67.4 Å². The number of aromatic nitrogens is 1. The van der Waals surface area contributed by atoms with Crippen LogP contribution >= 0.6 is 0 Å². The van der Waals surface area contributed by atoms with Gasteiger partial charge in [0.2, 0.25) is 10.0 Å². The van der Waals surface area contributed by atoms with Crippen LogP contribution in [0.2, 0.25) is 0 Å². The summed E-state index contributed by atoms with van der Waals surface area (Å²) >= 11 is 0. The summed E-state index contributed by atoms with van der Waals surface area (Å²) in [6.07, 6.45) is 3.90. The molecule has 38 heavy (non-hydrogen) atoms. The highest BCUT2D eigenvalue weighted by molar-refractivity contribution is 7.89. The lowest BCUT2D eigenvalue weighted by molar-refractivity contribution is 0.100. The molecule has 9 heteroatoms. The fourth-order valence-electron chi connectivity index (χ4n) is 5.14. The fraction of sp³-hybridized carbons (Fsp3) is 0.483. The zero-order valence-corrected chi connectivity index (χ0v) is 23.7. The van der Waals surface area contributed by atoms with Crippen molar-refractivity contribution < 1.29 is 17.9 Å². The van der Waals surface area contributed by atoms with Crippen molar-refractivity contribution in [1.82, 2.24) is 14.6 Å². The minimum atomic E-state index is -3.29. The van der Waals surface area contributed by atoms with E-state index in [0.29, 0.717) is 31.7 Å². The predicted octanol–water partition coefficient (Wildman–Crippen LogP) is 4.37. The number of carbonyl (C=O) groups is 1. The number of hydrogen-bond donors (Lipinski definition) is 3. The number of fused-ring (bicyclic) bond motifs is 1. The first-order chi connectivity index (χ1) is 18.0. The van der Waals surface area contributed by atoms with E-state index in [1.807, 2.05) is 24.4 Å². The molecule has 0 aliphatic carbocycles. The van der Waals surface area contributed by atoms with Gasteiger partial charge in [0.1, 0.15) is 0 Å². The van der Waals surface area contributed by atoms with Gasteiger partial charge in [-0.1, -0.05) is 18.2 Å². The molecular weight excluding hydrogens is 500 g/mol. The van der Waals surface area contributed by atoms with Crippen LogP contribution in [0.25, 0.3) is 22.0 Å². The number of nitrogens with one attached hydrogen (secondary N) is 2. The molecule has 0 atom stereocenters. The molecule has 0 unspecified atom stereocenters. The third-order valence-corrected chi connectivity index (χ3v) is 9.16. The number of amides is 1. The molecule has 1 aliphatic heterocycles. The number of piperidine rings is 1. The summed E-state index contributed by atoms with van der Waals surface area (Å²) in [5.41, 5.74) is 11.2. The highest BCUT2D eigenvalue weighted by Crippen LogP contribution is 2.37. The quantitative estimate of drug-likeness (QED) is 0.330. The third-order valence-electron chi connectivity index (χ3n) is 7.21. The highest BCUT2D eigenvalue weighted by Gasteiger charge is 2.30.